The molecule has 1 fully saturated rings. The van der Waals surface area contributed by atoms with Gasteiger partial charge in [0, 0.05) is 23.8 Å². The summed E-state index contributed by atoms with van der Waals surface area (Å²) in [7, 11) is 0. The van der Waals surface area contributed by atoms with Crippen LogP contribution < -0.4 is 5.32 Å². The van der Waals surface area contributed by atoms with Crippen LogP contribution in [0.3, 0.4) is 0 Å². The number of aldehydes is 1. The molecule has 5 nitrogen and oxygen atoms in total. The number of nitrogens with one attached hydrogen (secondary N) is 1. The van der Waals surface area contributed by atoms with E-state index in [1.165, 1.54) is 0 Å². The lowest BCUT2D eigenvalue weighted by atomic mass is 9.92. The van der Waals surface area contributed by atoms with E-state index in [2.05, 4.69) is 17.1 Å². The van der Waals surface area contributed by atoms with Crippen molar-refractivity contribution in [2.45, 2.75) is 45.9 Å². The van der Waals surface area contributed by atoms with Crippen LogP contribution in [0, 0.1) is 5.92 Å². The van der Waals surface area contributed by atoms with E-state index in [1.54, 1.807) is 6.92 Å². The molecule has 5 heteroatoms. The topological polar surface area (TPSA) is 52.7 Å². The maximum absolute atomic E-state index is 12.4. The number of allylic oxidation sites excluding steroid dienone is 1. The van der Waals surface area contributed by atoms with Crippen molar-refractivity contribution < 1.29 is 9.59 Å². The van der Waals surface area contributed by atoms with Gasteiger partial charge >= 0.3 is 0 Å². The third-order valence-corrected chi connectivity index (χ3v) is 5.18. The predicted octanol–water partition coefficient (Wildman–Crippen LogP) is 2.86. The van der Waals surface area contributed by atoms with Crippen molar-refractivity contribution in [3.05, 3.63) is 41.6 Å². The monoisotopic (exact) mass is 341 g/mol. The Morgan fingerprint density at radius 1 is 1.20 bits per heavy atom. The Morgan fingerprint density at radius 2 is 1.88 bits per heavy atom. The first-order chi connectivity index (χ1) is 12.1. The van der Waals surface area contributed by atoms with Crippen LogP contribution in [0.5, 0.6) is 0 Å². The quantitative estimate of drug-likeness (QED) is 0.773. The van der Waals surface area contributed by atoms with Gasteiger partial charge in [-0.3, -0.25) is 14.5 Å². The molecule has 25 heavy (non-hydrogen) atoms. The van der Waals surface area contributed by atoms with Crippen LogP contribution in [0.2, 0.25) is 0 Å². The Labute approximate surface area is 149 Å². The van der Waals surface area contributed by atoms with Gasteiger partial charge in [0.25, 0.3) is 0 Å². The van der Waals surface area contributed by atoms with Gasteiger partial charge in [-0.15, -0.1) is 0 Å². The highest BCUT2D eigenvalue weighted by atomic mass is 16.1. The van der Waals surface area contributed by atoms with Crippen molar-refractivity contribution in [2.75, 3.05) is 18.4 Å². The summed E-state index contributed by atoms with van der Waals surface area (Å²) in [5.74, 6) is 0.474. The van der Waals surface area contributed by atoms with Gasteiger partial charge < -0.3 is 10.2 Å². The van der Waals surface area contributed by atoms with E-state index in [0.717, 1.165) is 31.4 Å². The Hall–Kier alpha value is -2.14. The molecule has 1 aromatic carbocycles. The summed E-state index contributed by atoms with van der Waals surface area (Å²) in [6.07, 6.45) is 2.97. The SMILES string of the molecule is CCN1C(C=O)=C(C(C)=O)C(C2CC2)N(CC)C1Nc1ccccc1. The maximum Gasteiger partial charge on any atom is 0.166 e. The van der Waals surface area contributed by atoms with Crippen LogP contribution in [0.4, 0.5) is 5.69 Å². The highest BCUT2D eigenvalue weighted by Crippen LogP contribution is 2.43. The molecule has 2 aliphatic rings. The van der Waals surface area contributed by atoms with Gasteiger partial charge in [-0.1, -0.05) is 25.1 Å². The summed E-state index contributed by atoms with van der Waals surface area (Å²) < 4.78 is 0. The fraction of sp³-hybridized carbons (Fsp3) is 0.500. The highest BCUT2D eigenvalue weighted by molar-refractivity contribution is 6.00. The number of Topliss-reactive ketones (excluding diaryl/α,β-unsaturated/α-hetero) is 1. The first-order valence-electron chi connectivity index (χ1n) is 9.16. The Morgan fingerprint density at radius 3 is 2.36 bits per heavy atom. The van der Waals surface area contributed by atoms with E-state index in [0.29, 0.717) is 23.7 Å². The number of carbonyl (C=O) groups excluding carboxylic acids is 2. The number of likely N-dealkylation sites (N-methyl/N-ethyl adjacent to an activating group) is 2. The van der Waals surface area contributed by atoms with Gasteiger partial charge in [0.2, 0.25) is 0 Å². The van der Waals surface area contributed by atoms with Gasteiger partial charge in [-0.25, -0.2) is 0 Å². The van der Waals surface area contributed by atoms with Crippen molar-refractivity contribution in [2.24, 2.45) is 5.92 Å². The molecule has 1 heterocycles. The zero-order valence-corrected chi connectivity index (χ0v) is 15.2. The molecule has 1 saturated carbocycles. The minimum absolute atomic E-state index is 0.00839. The summed E-state index contributed by atoms with van der Waals surface area (Å²) in [4.78, 5) is 28.7. The number of benzene rings is 1. The lowest BCUT2D eigenvalue weighted by Crippen LogP contribution is -2.62. The van der Waals surface area contributed by atoms with Crippen molar-refractivity contribution in [3.63, 3.8) is 0 Å². The van der Waals surface area contributed by atoms with Crippen LogP contribution in [0.1, 0.15) is 33.6 Å². The molecule has 3 rings (SSSR count). The van der Waals surface area contributed by atoms with E-state index in [1.807, 2.05) is 42.2 Å². The third-order valence-electron chi connectivity index (χ3n) is 5.18. The number of hydrogen-bond acceptors (Lipinski definition) is 5. The van der Waals surface area contributed by atoms with Gasteiger partial charge in [-0.05, 0) is 51.3 Å². The molecule has 1 N–H and O–H groups in total. The summed E-state index contributed by atoms with van der Waals surface area (Å²) in [6.45, 7) is 7.19. The second-order valence-electron chi connectivity index (χ2n) is 6.76. The third kappa shape index (κ3) is 3.33. The molecule has 1 aliphatic carbocycles. The lowest BCUT2D eigenvalue weighted by Gasteiger charge is -2.49. The Bertz CT molecular complexity index is 667. The normalized spacial score (nSPS) is 24.4. The summed E-state index contributed by atoms with van der Waals surface area (Å²) in [5, 5.41) is 3.57. The minimum Gasteiger partial charge on any atom is -0.353 e. The second kappa shape index (κ2) is 7.40. The molecule has 0 spiro atoms. The number of para-hydroxylation sites is 1. The molecule has 134 valence electrons. The number of anilines is 1. The summed E-state index contributed by atoms with van der Waals surface area (Å²) in [5.41, 5.74) is 2.24. The summed E-state index contributed by atoms with van der Waals surface area (Å²) >= 11 is 0. The number of rotatable bonds is 7. The van der Waals surface area contributed by atoms with Crippen molar-refractivity contribution >= 4 is 17.8 Å². The Balaban J connectivity index is 2.07. The zero-order valence-electron chi connectivity index (χ0n) is 15.2. The van der Waals surface area contributed by atoms with Crippen LogP contribution in [-0.2, 0) is 9.59 Å². The highest BCUT2D eigenvalue weighted by Gasteiger charge is 2.47. The maximum atomic E-state index is 12.4. The lowest BCUT2D eigenvalue weighted by molar-refractivity contribution is -0.117. The van der Waals surface area contributed by atoms with Crippen molar-refractivity contribution in [1.29, 1.82) is 0 Å². The fourth-order valence-corrected chi connectivity index (χ4v) is 3.93. The van der Waals surface area contributed by atoms with Crippen molar-refractivity contribution in [3.8, 4) is 0 Å². The molecule has 0 saturated heterocycles. The predicted molar refractivity (Wildman–Crippen MR) is 98.9 cm³/mol. The van der Waals surface area contributed by atoms with Crippen LogP contribution >= 0.6 is 0 Å². The van der Waals surface area contributed by atoms with Gasteiger partial charge in [0.05, 0.1) is 5.70 Å². The molecule has 0 bridgehead atoms. The molecule has 0 aromatic heterocycles. The van der Waals surface area contributed by atoms with E-state index >= 15 is 0 Å². The molecular weight excluding hydrogens is 314 g/mol. The molecule has 0 radical (unpaired) electrons. The smallest absolute Gasteiger partial charge is 0.166 e. The van der Waals surface area contributed by atoms with Gasteiger partial charge in [0.1, 0.15) is 0 Å². The number of ketones is 1. The Kier molecular flexibility index (Phi) is 5.23. The van der Waals surface area contributed by atoms with E-state index < -0.39 is 0 Å². The zero-order chi connectivity index (χ0) is 18.0. The van der Waals surface area contributed by atoms with Crippen LogP contribution in [0.25, 0.3) is 0 Å². The van der Waals surface area contributed by atoms with Crippen molar-refractivity contribution in [1.82, 2.24) is 9.80 Å². The molecular formula is C20H27N3O2. The molecule has 0 amide bonds. The molecule has 1 aliphatic heterocycles. The number of nitrogens with zero attached hydrogens (tertiary/aromatic N) is 2. The number of carbonyl (C=O) groups is 2. The van der Waals surface area contributed by atoms with Crippen LogP contribution in [0.15, 0.2) is 41.6 Å². The first-order valence-corrected chi connectivity index (χ1v) is 9.16. The van der Waals surface area contributed by atoms with Crippen LogP contribution in [-0.4, -0.2) is 47.3 Å². The first kappa shape index (κ1) is 17.7. The molecule has 2 unspecified atom stereocenters. The van der Waals surface area contributed by atoms with Gasteiger partial charge in [-0.2, -0.15) is 0 Å². The average molecular weight is 341 g/mol. The standard InChI is InChI=1S/C20H27N3O2/c1-4-22-17(13-24)18(14(3)25)19(15-11-12-15)23(5-2)20(22)21-16-9-7-6-8-10-16/h6-10,13,15,19-21H,4-5,11-12H2,1-3H3. The van der Waals surface area contributed by atoms with E-state index in [4.69, 9.17) is 0 Å². The number of hydrogen-bond donors (Lipinski definition) is 1. The second-order valence-corrected chi connectivity index (χ2v) is 6.76. The minimum atomic E-state index is -0.133. The van der Waals surface area contributed by atoms with E-state index in [-0.39, 0.29) is 18.1 Å². The molecule has 2 atom stereocenters. The average Bonchev–Trinajstić information content (AvgIpc) is 3.45. The molecule has 1 aromatic rings. The van der Waals surface area contributed by atoms with E-state index in [9.17, 15) is 9.59 Å². The fourth-order valence-electron chi connectivity index (χ4n) is 3.93. The van der Waals surface area contributed by atoms with Gasteiger partial charge in [0.15, 0.2) is 18.4 Å². The summed E-state index contributed by atoms with van der Waals surface area (Å²) in [6, 6.07) is 10.0. The largest absolute Gasteiger partial charge is 0.353 e.